The molecule has 2 aromatic rings. The van der Waals surface area contributed by atoms with Gasteiger partial charge in [-0.05, 0) is 43.2 Å². The van der Waals surface area contributed by atoms with Gasteiger partial charge in [0.25, 0.3) is 0 Å². The van der Waals surface area contributed by atoms with Gasteiger partial charge in [-0.3, -0.25) is 9.48 Å². The van der Waals surface area contributed by atoms with Crippen LogP contribution in [-0.4, -0.2) is 15.7 Å². The second kappa shape index (κ2) is 5.56. The predicted molar refractivity (Wildman–Crippen MR) is 75.8 cm³/mol. The van der Waals surface area contributed by atoms with E-state index in [1.807, 2.05) is 32.2 Å². The zero-order valence-corrected chi connectivity index (χ0v) is 11.2. The molecule has 1 amide bonds. The van der Waals surface area contributed by atoms with E-state index in [2.05, 4.69) is 10.4 Å². The summed E-state index contributed by atoms with van der Waals surface area (Å²) in [6, 6.07) is 5.44. The van der Waals surface area contributed by atoms with Gasteiger partial charge in [-0.15, -0.1) is 0 Å². The van der Waals surface area contributed by atoms with Crippen molar-refractivity contribution in [1.82, 2.24) is 9.78 Å². The van der Waals surface area contributed by atoms with Crippen LogP contribution in [0.2, 0.25) is 0 Å². The third-order valence-corrected chi connectivity index (χ3v) is 2.85. The Morgan fingerprint density at radius 2 is 2.21 bits per heavy atom. The van der Waals surface area contributed by atoms with Gasteiger partial charge in [-0.2, -0.15) is 5.10 Å². The number of nitrogens with one attached hydrogen (secondary N) is 1. The molecule has 0 spiro atoms. The molecule has 0 saturated heterocycles. The van der Waals surface area contributed by atoms with E-state index < -0.39 is 0 Å². The van der Waals surface area contributed by atoms with Gasteiger partial charge in [0, 0.05) is 30.5 Å². The first kappa shape index (κ1) is 13.1. The van der Waals surface area contributed by atoms with Gasteiger partial charge in [0.2, 0.25) is 5.91 Å². The van der Waals surface area contributed by atoms with E-state index in [1.54, 1.807) is 16.9 Å². The second-order valence-electron chi connectivity index (χ2n) is 4.65. The number of carbonyl (C=O) groups is 1. The molecule has 3 N–H and O–H groups in total. The van der Waals surface area contributed by atoms with Crippen LogP contribution < -0.4 is 11.1 Å². The van der Waals surface area contributed by atoms with Gasteiger partial charge in [0.1, 0.15) is 0 Å². The number of carbonyl (C=O) groups excluding carboxylic acids is 1. The van der Waals surface area contributed by atoms with Crippen LogP contribution in [0.1, 0.15) is 17.5 Å². The van der Waals surface area contributed by atoms with Crippen LogP contribution in [0.3, 0.4) is 0 Å². The zero-order chi connectivity index (χ0) is 13.8. The van der Waals surface area contributed by atoms with E-state index in [9.17, 15) is 4.79 Å². The topological polar surface area (TPSA) is 72.9 Å². The highest BCUT2D eigenvalue weighted by molar-refractivity contribution is 5.91. The molecule has 0 aliphatic carbocycles. The summed E-state index contributed by atoms with van der Waals surface area (Å²) in [5, 5.41) is 7.02. The Morgan fingerprint density at radius 1 is 1.42 bits per heavy atom. The third-order valence-electron chi connectivity index (χ3n) is 2.85. The molecule has 0 saturated carbocycles. The van der Waals surface area contributed by atoms with E-state index in [1.165, 1.54) is 0 Å². The van der Waals surface area contributed by atoms with Crippen LogP contribution >= 0.6 is 0 Å². The van der Waals surface area contributed by atoms with E-state index >= 15 is 0 Å². The second-order valence-corrected chi connectivity index (χ2v) is 4.65. The molecule has 0 unspecified atom stereocenters. The van der Waals surface area contributed by atoms with Crippen LogP contribution in [0.15, 0.2) is 30.6 Å². The van der Waals surface area contributed by atoms with Crippen molar-refractivity contribution in [2.45, 2.75) is 26.8 Å². The maximum Gasteiger partial charge on any atom is 0.226 e. The highest BCUT2D eigenvalue weighted by atomic mass is 16.1. The molecule has 0 radical (unpaired) electrons. The molecule has 0 aliphatic rings. The number of anilines is 2. The molecule has 100 valence electrons. The van der Waals surface area contributed by atoms with Crippen LogP contribution in [0.25, 0.3) is 0 Å². The highest BCUT2D eigenvalue weighted by Gasteiger charge is 2.05. The summed E-state index contributed by atoms with van der Waals surface area (Å²) < 4.78 is 1.77. The summed E-state index contributed by atoms with van der Waals surface area (Å²) in [4.78, 5) is 11.8. The van der Waals surface area contributed by atoms with Gasteiger partial charge < -0.3 is 11.1 Å². The quantitative estimate of drug-likeness (QED) is 0.825. The molecule has 0 atom stereocenters. The Kier molecular flexibility index (Phi) is 3.85. The fraction of sp³-hybridized carbons (Fsp3) is 0.286. The lowest BCUT2D eigenvalue weighted by atomic mass is 10.2. The number of nitrogens with zero attached hydrogens (tertiary/aromatic N) is 2. The number of hydrogen-bond acceptors (Lipinski definition) is 3. The maximum absolute atomic E-state index is 11.8. The van der Waals surface area contributed by atoms with Crippen LogP contribution in [0, 0.1) is 13.8 Å². The Balaban J connectivity index is 1.90. The molecular weight excluding hydrogens is 240 g/mol. The monoisotopic (exact) mass is 258 g/mol. The fourth-order valence-electron chi connectivity index (χ4n) is 1.85. The molecule has 19 heavy (non-hydrogen) atoms. The molecule has 2 rings (SSSR count). The van der Waals surface area contributed by atoms with Gasteiger partial charge in [0.05, 0.1) is 6.20 Å². The molecular formula is C14H18N4O. The lowest BCUT2D eigenvalue weighted by molar-refractivity contribution is -0.116. The minimum Gasteiger partial charge on any atom is -0.399 e. The van der Waals surface area contributed by atoms with Gasteiger partial charge in [-0.25, -0.2) is 0 Å². The standard InChI is InChI=1S/C14H18N4O/c1-10-8-16-18(9-10)6-5-14(19)17-13-4-3-12(15)7-11(13)2/h3-4,7-9H,5-6,15H2,1-2H3,(H,17,19). The molecule has 0 bridgehead atoms. The van der Waals surface area contributed by atoms with E-state index in [0.29, 0.717) is 18.7 Å². The SMILES string of the molecule is Cc1cnn(CCC(=O)Nc2ccc(N)cc2C)c1. The lowest BCUT2D eigenvalue weighted by Crippen LogP contribution is -2.15. The zero-order valence-electron chi connectivity index (χ0n) is 11.2. The highest BCUT2D eigenvalue weighted by Crippen LogP contribution is 2.17. The molecule has 1 heterocycles. The van der Waals surface area contributed by atoms with E-state index in [-0.39, 0.29) is 5.91 Å². The normalized spacial score (nSPS) is 10.4. The van der Waals surface area contributed by atoms with Crippen LogP contribution in [0.4, 0.5) is 11.4 Å². The summed E-state index contributed by atoms with van der Waals surface area (Å²) in [6.45, 7) is 4.47. The Hall–Kier alpha value is -2.30. The lowest BCUT2D eigenvalue weighted by Gasteiger charge is -2.09. The Morgan fingerprint density at radius 3 is 2.84 bits per heavy atom. The van der Waals surface area contributed by atoms with Crippen molar-refractivity contribution < 1.29 is 4.79 Å². The number of amides is 1. The number of benzene rings is 1. The minimum absolute atomic E-state index is 0.0268. The van der Waals surface area contributed by atoms with Crippen molar-refractivity contribution in [3.8, 4) is 0 Å². The largest absolute Gasteiger partial charge is 0.399 e. The summed E-state index contributed by atoms with van der Waals surface area (Å²) in [5.74, 6) is -0.0268. The number of rotatable bonds is 4. The first-order valence-electron chi connectivity index (χ1n) is 6.19. The fourth-order valence-corrected chi connectivity index (χ4v) is 1.85. The van der Waals surface area contributed by atoms with Crippen molar-refractivity contribution in [3.05, 3.63) is 41.7 Å². The van der Waals surface area contributed by atoms with Crippen molar-refractivity contribution in [3.63, 3.8) is 0 Å². The smallest absolute Gasteiger partial charge is 0.226 e. The van der Waals surface area contributed by atoms with Gasteiger partial charge in [-0.1, -0.05) is 0 Å². The van der Waals surface area contributed by atoms with Crippen molar-refractivity contribution in [1.29, 1.82) is 0 Å². The number of hydrogen-bond donors (Lipinski definition) is 2. The first-order chi connectivity index (χ1) is 9.04. The van der Waals surface area contributed by atoms with Crippen molar-refractivity contribution in [2.24, 2.45) is 0 Å². The van der Waals surface area contributed by atoms with Crippen molar-refractivity contribution >= 4 is 17.3 Å². The summed E-state index contributed by atoms with van der Waals surface area (Å²) in [6.07, 6.45) is 4.09. The number of aryl methyl sites for hydroxylation is 3. The first-order valence-corrected chi connectivity index (χ1v) is 6.19. The third kappa shape index (κ3) is 3.58. The Labute approximate surface area is 112 Å². The summed E-state index contributed by atoms with van der Waals surface area (Å²) in [7, 11) is 0. The molecule has 1 aromatic heterocycles. The summed E-state index contributed by atoms with van der Waals surface area (Å²) >= 11 is 0. The van der Waals surface area contributed by atoms with Crippen molar-refractivity contribution in [2.75, 3.05) is 11.1 Å². The van der Waals surface area contributed by atoms with Gasteiger partial charge >= 0.3 is 0 Å². The average molecular weight is 258 g/mol. The molecule has 5 heteroatoms. The molecule has 1 aromatic carbocycles. The number of aromatic nitrogens is 2. The number of nitrogen functional groups attached to an aromatic ring is 1. The van der Waals surface area contributed by atoms with Crippen LogP contribution in [0.5, 0.6) is 0 Å². The molecule has 5 nitrogen and oxygen atoms in total. The van der Waals surface area contributed by atoms with E-state index in [0.717, 1.165) is 16.8 Å². The molecule has 0 fully saturated rings. The Bertz CT molecular complexity index is 589. The summed E-state index contributed by atoms with van der Waals surface area (Å²) in [5.41, 5.74) is 9.22. The van der Waals surface area contributed by atoms with E-state index in [4.69, 9.17) is 5.73 Å². The minimum atomic E-state index is -0.0268. The predicted octanol–water partition coefficient (Wildman–Crippen LogP) is 2.11. The number of nitrogens with two attached hydrogens (primary N) is 1. The maximum atomic E-state index is 11.8. The van der Waals surface area contributed by atoms with Gasteiger partial charge in [0.15, 0.2) is 0 Å². The van der Waals surface area contributed by atoms with Crippen LogP contribution in [-0.2, 0) is 11.3 Å². The average Bonchev–Trinajstić information content (AvgIpc) is 2.76. The molecule has 0 aliphatic heterocycles.